The molecule has 0 radical (unpaired) electrons. The minimum atomic E-state index is -0.127. The van der Waals surface area contributed by atoms with E-state index in [1.165, 1.54) is 0 Å². The summed E-state index contributed by atoms with van der Waals surface area (Å²) in [6, 6.07) is 7.61. The van der Waals surface area contributed by atoms with Crippen LogP contribution in [0.15, 0.2) is 36.7 Å². The van der Waals surface area contributed by atoms with Crippen LogP contribution in [0.1, 0.15) is 33.6 Å². The van der Waals surface area contributed by atoms with Crippen LogP contribution in [0, 0.1) is 5.41 Å². The predicted octanol–water partition coefficient (Wildman–Crippen LogP) is 3.33. The van der Waals surface area contributed by atoms with E-state index in [9.17, 15) is 4.79 Å². The molecule has 0 aliphatic carbocycles. The van der Waals surface area contributed by atoms with Gasteiger partial charge in [-0.25, -0.2) is 0 Å². The van der Waals surface area contributed by atoms with Crippen molar-refractivity contribution in [3.05, 3.63) is 36.7 Å². The van der Waals surface area contributed by atoms with Gasteiger partial charge in [-0.15, -0.1) is 0 Å². The second kappa shape index (κ2) is 6.22. The topological polar surface area (TPSA) is 68.0 Å². The molecule has 4 heteroatoms. The van der Waals surface area contributed by atoms with Crippen molar-refractivity contribution in [2.24, 2.45) is 11.1 Å². The van der Waals surface area contributed by atoms with Crippen LogP contribution in [0.2, 0.25) is 0 Å². The molecular formula is C17H23N3O. The average Bonchev–Trinajstić information content (AvgIpc) is 2.36. The first-order valence-electron chi connectivity index (χ1n) is 7.23. The SMILES string of the molecule is CC(C)(C)CC(N)CC(=O)Nc1cccc2ccncc12. The van der Waals surface area contributed by atoms with Crippen molar-refractivity contribution < 1.29 is 4.79 Å². The number of nitrogens with two attached hydrogens (primary N) is 1. The number of nitrogens with zero attached hydrogens (tertiary/aromatic N) is 1. The molecule has 0 saturated carbocycles. The Morgan fingerprint density at radius 3 is 2.81 bits per heavy atom. The second-order valence-corrected chi connectivity index (χ2v) is 6.68. The molecule has 0 aliphatic rings. The summed E-state index contributed by atoms with van der Waals surface area (Å²) < 4.78 is 0. The Balaban J connectivity index is 2.05. The summed E-state index contributed by atoms with van der Waals surface area (Å²) in [6.45, 7) is 6.38. The maximum atomic E-state index is 12.1. The molecule has 1 heterocycles. The summed E-state index contributed by atoms with van der Waals surface area (Å²) in [7, 11) is 0. The van der Waals surface area contributed by atoms with Crippen LogP contribution in [0.25, 0.3) is 10.8 Å². The molecule has 2 aromatic rings. The van der Waals surface area contributed by atoms with Crippen molar-refractivity contribution in [1.82, 2.24) is 4.98 Å². The molecule has 0 saturated heterocycles. The van der Waals surface area contributed by atoms with Crippen molar-refractivity contribution >= 4 is 22.4 Å². The van der Waals surface area contributed by atoms with Crippen molar-refractivity contribution in [1.29, 1.82) is 0 Å². The lowest BCUT2D eigenvalue weighted by Crippen LogP contribution is -2.31. The van der Waals surface area contributed by atoms with Gasteiger partial charge in [0, 0.05) is 30.2 Å². The summed E-state index contributed by atoms with van der Waals surface area (Å²) in [4.78, 5) is 16.3. The van der Waals surface area contributed by atoms with E-state index in [0.717, 1.165) is 22.9 Å². The summed E-state index contributed by atoms with van der Waals surface area (Å²) in [5.41, 5.74) is 6.97. The Labute approximate surface area is 125 Å². The van der Waals surface area contributed by atoms with Gasteiger partial charge in [0.2, 0.25) is 5.91 Å². The van der Waals surface area contributed by atoms with Gasteiger partial charge in [-0.1, -0.05) is 32.9 Å². The van der Waals surface area contributed by atoms with E-state index in [4.69, 9.17) is 5.73 Å². The molecule has 21 heavy (non-hydrogen) atoms. The number of pyridine rings is 1. The number of carbonyl (C=O) groups excluding carboxylic acids is 1. The van der Waals surface area contributed by atoms with E-state index >= 15 is 0 Å². The van der Waals surface area contributed by atoms with E-state index in [1.54, 1.807) is 12.4 Å². The number of hydrogen-bond donors (Lipinski definition) is 2. The van der Waals surface area contributed by atoms with E-state index in [0.29, 0.717) is 6.42 Å². The first kappa shape index (κ1) is 15.4. The smallest absolute Gasteiger partial charge is 0.225 e. The monoisotopic (exact) mass is 285 g/mol. The van der Waals surface area contributed by atoms with Crippen LogP contribution in [0.5, 0.6) is 0 Å². The Kier molecular flexibility index (Phi) is 4.58. The highest BCUT2D eigenvalue weighted by Gasteiger charge is 2.18. The number of benzene rings is 1. The lowest BCUT2D eigenvalue weighted by atomic mass is 9.87. The summed E-state index contributed by atoms with van der Waals surface area (Å²) in [5.74, 6) is -0.0527. The molecule has 112 valence electrons. The zero-order valence-corrected chi connectivity index (χ0v) is 12.9. The Hall–Kier alpha value is -1.94. The number of amides is 1. The first-order chi connectivity index (χ1) is 9.85. The molecule has 2 rings (SSSR count). The highest BCUT2D eigenvalue weighted by molar-refractivity contribution is 6.01. The molecule has 4 nitrogen and oxygen atoms in total. The minimum Gasteiger partial charge on any atom is -0.327 e. The molecular weight excluding hydrogens is 262 g/mol. The second-order valence-electron chi connectivity index (χ2n) is 6.68. The Morgan fingerprint density at radius 2 is 2.10 bits per heavy atom. The van der Waals surface area contributed by atoms with Crippen LogP contribution in [-0.2, 0) is 4.79 Å². The van der Waals surface area contributed by atoms with Gasteiger partial charge in [0.25, 0.3) is 0 Å². The van der Waals surface area contributed by atoms with Gasteiger partial charge < -0.3 is 11.1 Å². The van der Waals surface area contributed by atoms with Crippen LogP contribution in [0.3, 0.4) is 0 Å². The van der Waals surface area contributed by atoms with Gasteiger partial charge in [-0.05, 0) is 29.4 Å². The minimum absolute atomic E-state index is 0.0527. The highest BCUT2D eigenvalue weighted by Crippen LogP contribution is 2.23. The van der Waals surface area contributed by atoms with E-state index in [2.05, 4.69) is 31.1 Å². The molecule has 1 aromatic carbocycles. The van der Waals surface area contributed by atoms with Crippen LogP contribution >= 0.6 is 0 Å². The van der Waals surface area contributed by atoms with Gasteiger partial charge >= 0.3 is 0 Å². The van der Waals surface area contributed by atoms with Gasteiger partial charge in [-0.3, -0.25) is 9.78 Å². The fourth-order valence-electron chi connectivity index (χ4n) is 2.52. The molecule has 0 spiro atoms. The average molecular weight is 285 g/mol. The molecule has 0 aliphatic heterocycles. The summed E-state index contributed by atoms with van der Waals surface area (Å²) in [6.07, 6.45) is 4.65. The van der Waals surface area contributed by atoms with Crippen molar-refractivity contribution in [2.75, 3.05) is 5.32 Å². The predicted molar refractivity (Wildman–Crippen MR) is 87.0 cm³/mol. The molecule has 3 N–H and O–H groups in total. The van der Waals surface area contributed by atoms with Crippen molar-refractivity contribution in [2.45, 2.75) is 39.7 Å². The molecule has 1 amide bonds. The van der Waals surface area contributed by atoms with E-state index < -0.39 is 0 Å². The standard InChI is InChI=1S/C17H23N3O/c1-17(2,3)10-13(18)9-16(21)20-15-6-4-5-12-7-8-19-11-14(12)15/h4-8,11,13H,9-10,18H2,1-3H3,(H,20,21). The number of fused-ring (bicyclic) bond motifs is 1. The molecule has 1 atom stereocenters. The third-order valence-corrected chi connectivity index (χ3v) is 3.28. The largest absolute Gasteiger partial charge is 0.327 e. The number of carbonyl (C=O) groups is 1. The number of aromatic nitrogens is 1. The third-order valence-electron chi connectivity index (χ3n) is 3.28. The third kappa shape index (κ3) is 4.53. The molecule has 0 fully saturated rings. The zero-order valence-electron chi connectivity index (χ0n) is 12.9. The van der Waals surface area contributed by atoms with Gasteiger partial charge in [-0.2, -0.15) is 0 Å². The van der Waals surface area contributed by atoms with Crippen LogP contribution < -0.4 is 11.1 Å². The zero-order chi connectivity index (χ0) is 15.5. The van der Waals surface area contributed by atoms with Gasteiger partial charge in [0.05, 0.1) is 5.69 Å². The Bertz CT molecular complexity index is 626. The fraction of sp³-hybridized carbons (Fsp3) is 0.412. The number of rotatable bonds is 4. The number of hydrogen-bond acceptors (Lipinski definition) is 3. The van der Waals surface area contributed by atoms with Crippen molar-refractivity contribution in [3.8, 4) is 0 Å². The van der Waals surface area contributed by atoms with E-state index in [1.807, 2.05) is 24.3 Å². The lowest BCUT2D eigenvalue weighted by molar-refractivity contribution is -0.116. The normalized spacial score (nSPS) is 13.1. The van der Waals surface area contributed by atoms with Gasteiger partial charge in [0.1, 0.15) is 0 Å². The maximum Gasteiger partial charge on any atom is 0.225 e. The quantitative estimate of drug-likeness (QED) is 0.905. The first-order valence-corrected chi connectivity index (χ1v) is 7.23. The van der Waals surface area contributed by atoms with Crippen LogP contribution in [0.4, 0.5) is 5.69 Å². The molecule has 1 unspecified atom stereocenters. The number of nitrogens with one attached hydrogen (secondary N) is 1. The Morgan fingerprint density at radius 1 is 1.33 bits per heavy atom. The van der Waals surface area contributed by atoms with E-state index in [-0.39, 0.29) is 17.4 Å². The maximum absolute atomic E-state index is 12.1. The van der Waals surface area contributed by atoms with Gasteiger partial charge in [0.15, 0.2) is 0 Å². The summed E-state index contributed by atoms with van der Waals surface area (Å²) >= 11 is 0. The fourth-order valence-corrected chi connectivity index (χ4v) is 2.52. The van der Waals surface area contributed by atoms with Crippen LogP contribution in [-0.4, -0.2) is 16.9 Å². The number of anilines is 1. The lowest BCUT2D eigenvalue weighted by Gasteiger charge is -2.22. The molecule has 1 aromatic heterocycles. The van der Waals surface area contributed by atoms with Crippen molar-refractivity contribution in [3.63, 3.8) is 0 Å². The molecule has 0 bridgehead atoms. The summed E-state index contributed by atoms with van der Waals surface area (Å²) in [5, 5.41) is 4.94. The highest BCUT2D eigenvalue weighted by atomic mass is 16.1.